The highest BCUT2D eigenvalue weighted by Crippen LogP contribution is 1.89. The van der Waals surface area contributed by atoms with Crippen molar-refractivity contribution in [3.63, 3.8) is 0 Å². The normalized spacial score (nSPS) is 10.2. The van der Waals surface area contributed by atoms with E-state index in [0.29, 0.717) is 6.42 Å². The van der Waals surface area contributed by atoms with Crippen LogP contribution in [0.25, 0.3) is 0 Å². The third-order valence-corrected chi connectivity index (χ3v) is 1.88. The predicted molar refractivity (Wildman–Crippen MR) is 50.0 cm³/mol. The van der Waals surface area contributed by atoms with E-state index in [1.54, 1.807) is 6.20 Å². The molecule has 0 amide bonds. The maximum atomic E-state index is 8.37. The van der Waals surface area contributed by atoms with E-state index in [4.69, 9.17) is 5.26 Å². The second kappa shape index (κ2) is 5.33. The van der Waals surface area contributed by atoms with Crippen LogP contribution in [0.5, 0.6) is 0 Å². The van der Waals surface area contributed by atoms with E-state index in [0.717, 1.165) is 19.6 Å². The molecule has 0 radical (unpaired) electrons. The Hall–Kier alpha value is -1.34. The molecule has 0 spiro atoms. The number of hydrogen-bond acceptors (Lipinski definition) is 3. The van der Waals surface area contributed by atoms with E-state index in [1.807, 2.05) is 24.0 Å². The number of nitrogens with zero attached hydrogens (tertiary/aromatic N) is 4. The van der Waals surface area contributed by atoms with Gasteiger partial charge in [-0.2, -0.15) is 10.4 Å². The molecule has 0 atom stereocenters. The molecular weight excluding hydrogens is 164 g/mol. The van der Waals surface area contributed by atoms with Crippen molar-refractivity contribution in [2.45, 2.75) is 13.0 Å². The molecule has 0 bridgehead atoms. The third kappa shape index (κ3) is 3.72. The van der Waals surface area contributed by atoms with Gasteiger partial charge in [0.15, 0.2) is 0 Å². The molecule has 0 aliphatic carbocycles. The first kappa shape index (κ1) is 9.75. The van der Waals surface area contributed by atoms with E-state index < -0.39 is 0 Å². The van der Waals surface area contributed by atoms with E-state index in [-0.39, 0.29) is 0 Å². The number of likely N-dealkylation sites (N-methyl/N-ethyl adjacent to an activating group) is 1. The first-order valence-corrected chi connectivity index (χ1v) is 4.36. The SMILES string of the molecule is CN(CCC#N)CCn1cccn1. The summed E-state index contributed by atoms with van der Waals surface area (Å²) in [6, 6.07) is 4.04. The van der Waals surface area contributed by atoms with Crippen LogP contribution in [0.4, 0.5) is 0 Å². The highest BCUT2D eigenvalue weighted by Gasteiger charge is 1.97. The molecule has 13 heavy (non-hydrogen) atoms. The molecule has 1 aromatic heterocycles. The van der Waals surface area contributed by atoms with Crippen LogP contribution in [0.2, 0.25) is 0 Å². The van der Waals surface area contributed by atoms with Crippen molar-refractivity contribution in [1.29, 1.82) is 5.26 Å². The molecule has 1 heterocycles. The van der Waals surface area contributed by atoms with Gasteiger partial charge in [-0.15, -0.1) is 0 Å². The molecule has 0 N–H and O–H groups in total. The Morgan fingerprint density at radius 3 is 3.00 bits per heavy atom. The van der Waals surface area contributed by atoms with Gasteiger partial charge in [0.2, 0.25) is 0 Å². The van der Waals surface area contributed by atoms with Crippen LogP contribution in [-0.2, 0) is 6.54 Å². The monoisotopic (exact) mass is 178 g/mol. The summed E-state index contributed by atoms with van der Waals surface area (Å²) >= 11 is 0. The van der Waals surface area contributed by atoms with E-state index in [9.17, 15) is 0 Å². The van der Waals surface area contributed by atoms with Gasteiger partial charge in [0.25, 0.3) is 0 Å². The fourth-order valence-electron chi connectivity index (χ4n) is 1.06. The molecule has 0 saturated carbocycles. The van der Waals surface area contributed by atoms with Crippen molar-refractivity contribution < 1.29 is 0 Å². The number of hydrogen-bond donors (Lipinski definition) is 0. The fourth-order valence-corrected chi connectivity index (χ4v) is 1.06. The minimum Gasteiger partial charge on any atom is -0.304 e. The van der Waals surface area contributed by atoms with Crippen LogP contribution in [-0.4, -0.2) is 34.8 Å². The van der Waals surface area contributed by atoms with Crippen molar-refractivity contribution in [1.82, 2.24) is 14.7 Å². The number of nitriles is 1. The summed E-state index contributed by atoms with van der Waals surface area (Å²) in [6.45, 7) is 2.65. The van der Waals surface area contributed by atoms with Crippen molar-refractivity contribution in [3.8, 4) is 6.07 Å². The lowest BCUT2D eigenvalue weighted by Gasteiger charge is -2.14. The van der Waals surface area contributed by atoms with Crippen molar-refractivity contribution in [3.05, 3.63) is 18.5 Å². The van der Waals surface area contributed by atoms with Crippen molar-refractivity contribution >= 4 is 0 Å². The molecule has 1 rings (SSSR count). The van der Waals surface area contributed by atoms with Gasteiger partial charge in [-0.1, -0.05) is 0 Å². The van der Waals surface area contributed by atoms with Crippen LogP contribution >= 0.6 is 0 Å². The molecular formula is C9H14N4. The molecule has 0 aliphatic heterocycles. The van der Waals surface area contributed by atoms with Gasteiger partial charge in [0.1, 0.15) is 0 Å². The van der Waals surface area contributed by atoms with E-state index >= 15 is 0 Å². The average Bonchev–Trinajstić information content (AvgIpc) is 2.64. The molecule has 0 fully saturated rings. The van der Waals surface area contributed by atoms with Gasteiger partial charge in [-0.05, 0) is 13.1 Å². The Balaban J connectivity index is 2.16. The smallest absolute Gasteiger partial charge is 0.0635 e. The van der Waals surface area contributed by atoms with Crippen LogP contribution in [0.3, 0.4) is 0 Å². The van der Waals surface area contributed by atoms with Gasteiger partial charge in [0.05, 0.1) is 12.6 Å². The van der Waals surface area contributed by atoms with Gasteiger partial charge in [0, 0.05) is 31.9 Å². The zero-order valence-corrected chi connectivity index (χ0v) is 7.85. The zero-order valence-electron chi connectivity index (χ0n) is 7.85. The molecule has 4 heteroatoms. The molecule has 1 aromatic rings. The summed E-state index contributed by atoms with van der Waals surface area (Å²) in [7, 11) is 2.01. The zero-order chi connectivity index (χ0) is 9.52. The van der Waals surface area contributed by atoms with E-state index in [2.05, 4.69) is 16.1 Å². The molecule has 0 aliphatic rings. The van der Waals surface area contributed by atoms with Crippen LogP contribution in [0.15, 0.2) is 18.5 Å². The Labute approximate surface area is 78.4 Å². The first-order valence-electron chi connectivity index (χ1n) is 4.36. The Bertz CT molecular complexity index is 260. The standard InChI is InChI=1S/C9H14N4/c1-12(6-2-4-10)8-9-13-7-3-5-11-13/h3,5,7H,2,6,8-9H2,1H3. The molecule has 4 nitrogen and oxygen atoms in total. The predicted octanol–water partition coefficient (Wildman–Crippen LogP) is 0.729. The molecule has 0 aromatic carbocycles. The summed E-state index contributed by atoms with van der Waals surface area (Å²) in [5, 5.41) is 12.5. The topological polar surface area (TPSA) is 44.9 Å². The summed E-state index contributed by atoms with van der Waals surface area (Å²) in [5.41, 5.74) is 0. The van der Waals surface area contributed by atoms with Gasteiger partial charge in [-0.25, -0.2) is 0 Å². The van der Waals surface area contributed by atoms with Crippen LogP contribution < -0.4 is 0 Å². The van der Waals surface area contributed by atoms with Gasteiger partial charge >= 0.3 is 0 Å². The minimum atomic E-state index is 0.593. The van der Waals surface area contributed by atoms with Crippen molar-refractivity contribution in [2.75, 3.05) is 20.1 Å². The Morgan fingerprint density at radius 2 is 2.38 bits per heavy atom. The Kier molecular flexibility index (Phi) is 4.00. The van der Waals surface area contributed by atoms with Gasteiger partial charge in [-0.3, -0.25) is 4.68 Å². The second-order valence-corrected chi connectivity index (χ2v) is 2.98. The summed E-state index contributed by atoms with van der Waals surface area (Å²) in [5.74, 6) is 0. The highest BCUT2D eigenvalue weighted by molar-refractivity contribution is 4.78. The van der Waals surface area contributed by atoms with Gasteiger partial charge < -0.3 is 4.90 Å². The van der Waals surface area contributed by atoms with Crippen LogP contribution in [0.1, 0.15) is 6.42 Å². The third-order valence-electron chi connectivity index (χ3n) is 1.88. The number of rotatable bonds is 5. The minimum absolute atomic E-state index is 0.593. The molecule has 70 valence electrons. The van der Waals surface area contributed by atoms with Crippen LogP contribution in [0, 0.1) is 11.3 Å². The quantitative estimate of drug-likeness (QED) is 0.667. The lowest BCUT2D eigenvalue weighted by atomic mass is 10.4. The lowest BCUT2D eigenvalue weighted by Crippen LogP contribution is -2.24. The Morgan fingerprint density at radius 1 is 1.54 bits per heavy atom. The maximum Gasteiger partial charge on any atom is 0.0635 e. The largest absolute Gasteiger partial charge is 0.304 e. The lowest BCUT2D eigenvalue weighted by molar-refractivity contribution is 0.319. The van der Waals surface area contributed by atoms with Crippen molar-refractivity contribution in [2.24, 2.45) is 0 Å². The van der Waals surface area contributed by atoms with E-state index in [1.165, 1.54) is 0 Å². The first-order chi connectivity index (χ1) is 6.33. The fraction of sp³-hybridized carbons (Fsp3) is 0.556. The average molecular weight is 178 g/mol. The molecule has 0 unspecified atom stereocenters. The second-order valence-electron chi connectivity index (χ2n) is 2.98. The summed E-state index contributed by atoms with van der Waals surface area (Å²) in [4.78, 5) is 2.13. The number of aromatic nitrogens is 2. The highest BCUT2D eigenvalue weighted by atomic mass is 15.3. The molecule has 0 saturated heterocycles. The maximum absolute atomic E-state index is 8.37. The summed E-state index contributed by atoms with van der Waals surface area (Å²) < 4.78 is 1.89. The summed E-state index contributed by atoms with van der Waals surface area (Å²) in [6.07, 6.45) is 4.31.